The van der Waals surface area contributed by atoms with Crippen LogP contribution in [0.25, 0.3) is 11.2 Å². The minimum atomic E-state index is -1.04. The normalized spacial score (nSPS) is 24.8. The molecule has 0 aromatic carbocycles. The molecule has 1 saturated carbocycles. The Morgan fingerprint density at radius 3 is 2.50 bits per heavy atom. The fraction of sp³-hybridized carbons (Fsp3) is 0.579. The van der Waals surface area contributed by atoms with Gasteiger partial charge in [-0.05, 0) is 12.8 Å². The van der Waals surface area contributed by atoms with Crippen molar-refractivity contribution in [1.29, 1.82) is 0 Å². The van der Waals surface area contributed by atoms with Crippen molar-refractivity contribution in [3.63, 3.8) is 0 Å². The molecule has 4 atom stereocenters. The molecular weight excluding hydrogens is 442 g/mol. The van der Waals surface area contributed by atoms with Crippen LogP contribution in [0.3, 0.4) is 0 Å². The summed E-state index contributed by atoms with van der Waals surface area (Å²) in [4.78, 5) is 46.8. The zero-order valence-electron chi connectivity index (χ0n) is 17.7. The topological polar surface area (TPSA) is 147 Å². The quantitative estimate of drug-likeness (QED) is 0.347. The molecule has 0 spiro atoms. The van der Waals surface area contributed by atoms with Crippen molar-refractivity contribution in [1.82, 2.24) is 19.5 Å². The van der Waals surface area contributed by atoms with E-state index >= 15 is 0 Å². The Balaban J connectivity index is 1.80. The molecule has 1 aliphatic carbocycles. The number of nitrogens with zero attached hydrogens (tertiary/aromatic N) is 3. The Morgan fingerprint density at radius 2 is 1.88 bits per heavy atom. The van der Waals surface area contributed by atoms with Crippen molar-refractivity contribution in [3.8, 4) is 0 Å². The number of H-pyrrole nitrogens is 1. The molecule has 1 aliphatic heterocycles. The smallest absolute Gasteiger partial charge is 0.303 e. The van der Waals surface area contributed by atoms with Crippen LogP contribution in [-0.4, -0.2) is 68.4 Å². The summed E-state index contributed by atoms with van der Waals surface area (Å²) in [5, 5.41) is 3.32. The van der Waals surface area contributed by atoms with Crippen molar-refractivity contribution in [2.45, 2.75) is 64.2 Å². The average Bonchev–Trinajstić information content (AvgIpc) is 3.36. The van der Waals surface area contributed by atoms with E-state index in [0.717, 1.165) is 12.8 Å². The van der Waals surface area contributed by atoms with Gasteiger partial charge in [-0.25, -0.2) is 9.97 Å². The number of carbonyl (C=O) groups is 3. The van der Waals surface area contributed by atoms with Gasteiger partial charge in [0.2, 0.25) is 5.95 Å². The van der Waals surface area contributed by atoms with E-state index in [4.69, 9.17) is 31.2 Å². The molecule has 13 heteroatoms. The first-order chi connectivity index (χ1) is 15.2. The molecule has 4 rings (SSSR count). The summed E-state index contributed by atoms with van der Waals surface area (Å²) in [7, 11) is 0. The molecule has 32 heavy (non-hydrogen) atoms. The third-order valence-corrected chi connectivity index (χ3v) is 5.30. The van der Waals surface area contributed by atoms with E-state index in [9.17, 15) is 14.4 Å². The number of fused-ring (bicyclic) bond motifs is 1. The maximum Gasteiger partial charge on any atom is 0.303 e. The van der Waals surface area contributed by atoms with Gasteiger partial charge in [-0.15, -0.1) is 0 Å². The highest BCUT2D eigenvalue weighted by molar-refractivity contribution is 7.71. The number of esters is 3. The standard InChI is InChI=1S/C19H23N5O7S/c1-8(25)28-6-12-14(29-9(2)26)15(30-10(3)27)18(31-12)24-16-13(17(32)21-7-20-16)23-19(24)22-11-4-5-11/h7,11-12,14-15,18H,4-6H2,1-3H3,(H,22,23)(H,20,21,32)/t12-,14-,15-,18-/m1/s1. The number of aromatic nitrogens is 4. The Bertz CT molecular complexity index is 1110. The van der Waals surface area contributed by atoms with Crippen LogP contribution < -0.4 is 5.32 Å². The minimum Gasteiger partial charge on any atom is -0.463 e. The molecule has 2 aromatic heterocycles. The first-order valence-electron chi connectivity index (χ1n) is 10.1. The lowest BCUT2D eigenvalue weighted by atomic mass is 10.1. The van der Waals surface area contributed by atoms with Crippen molar-refractivity contribution in [3.05, 3.63) is 11.0 Å². The first kappa shape index (κ1) is 22.1. The average molecular weight is 465 g/mol. The zero-order valence-corrected chi connectivity index (χ0v) is 18.5. The number of imidazole rings is 1. The molecular formula is C19H23N5O7S. The maximum absolute atomic E-state index is 11.9. The number of rotatable bonds is 7. The third-order valence-electron chi connectivity index (χ3n) is 5.00. The van der Waals surface area contributed by atoms with Crippen molar-refractivity contribution in [2.24, 2.45) is 0 Å². The van der Waals surface area contributed by atoms with Crippen LogP contribution in [0.5, 0.6) is 0 Å². The van der Waals surface area contributed by atoms with Gasteiger partial charge in [0.05, 0.1) is 6.33 Å². The number of anilines is 1. The summed E-state index contributed by atoms with van der Waals surface area (Å²) in [5.74, 6) is -1.28. The summed E-state index contributed by atoms with van der Waals surface area (Å²) in [6, 6.07) is 0.238. The molecule has 2 fully saturated rings. The largest absolute Gasteiger partial charge is 0.463 e. The molecule has 1 saturated heterocycles. The highest BCUT2D eigenvalue weighted by Gasteiger charge is 2.51. The molecule has 12 nitrogen and oxygen atoms in total. The van der Waals surface area contributed by atoms with Gasteiger partial charge >= 0.3 is 17.9 Å². The zero-order chi connectivity index (χ0) is 23.0. The molecule has 2 aliphatic rings. The summed E-state index contributed by atoms with van der Waals surface area (Å²) in [6.07, 6.45) is -0.497. The summed E-state index contributed by atoms with van der Waals surface area (Å²) in [5.41, 5.74) is 0.924. The monoisotopic (exact) mass is 465 g/mol. The number of ether oxygens (including phenoxy) is 4. The van der Waals surface area contributed by atoms with Crippen LogP contribution in [0.1, 0.15) is 39.8 Å². The molecule has 3 heterocycles. The van der Waals surface area contributed by atoms with Gasteiger partial charge in [-0.1, -0.05) is 12.2 Å². The third kappa shape index (κ3) is 4.58. The van der Waals surface area contributed by atoms with Crippen molar-refractivity contribution >= 4 is 47.2 Å². The lowest BCUT2D eigenvalue weighted by Crippen LogP contribution is -2.40. The number of nitrogens with one attached hydrogen (secondary N) is 2. The first-order valence-corrected chi connectivity index (χ1v) is 10.5. The van der Waals surface area contributed by atoms with Crippen LogP contribution >= 0.6 is 12.2 Å². The van der Waals surface area contributed by atoms with Gasteiger partial charge in [-0.2, -0.15) is 0 Å². The second-order valence-electron chi connectivity index (χ2n) is 7.64. The predicted molar refractivity (Wildman–Crippen MR) is 111 cm³/mol. The second kappa shape index (κ2) is 8.82. The van der Waals surface area contributed by atoms with Crippen LogP contribution in [0.4, 0.5) is 5.95 Å². The molecule has 0 amide bonds. The summed E-state index contributed by atoms with van der Waals surface area (Å²) < 4.78 is 24.2. The predicted octanol–water partition coefficient (Wildman–Crippen LogP) is 1.39. The molecule has 2 aromatic rings. The van der Waals surface area contributed by atoms with E-state index in [-0.39, 0.29) is 17.3 Å². The summed E-state index contributed by atoms with van der Waals surface area (Å²) >= 11 is 5.32. The Hall–Kier alpha value is -3.06. The SMILES string of the molecule is CC(=O)OC[C@H]1O[C@@H](n2c(NC3CC3)nc3c(=S)nc[nH]c32)[C@H](OC(C)=O)[C@@H]1OC(C)=O. The number of hydrogen-bond donors (Lipinski definition) is 2. The summed E-state index contributed by atoms with van der Waals surface area (Å²) in [6.45, 7) is 3.53. The van der Waals surface area contributed by atoms with E-state index in [2.05, 4.69) is 20.3 Å². The highest BCUT2D eigenvalue weighted by atomic mass is 32.1. The van der Waals surface area contributed by atoms with E-state index in [1.54, 1.807) is 4.57 Å². The van der Waals surface area contributed by atoms with Gasteiger partial charge in [0, 0.05) is 26.8 Å². The van der Waals surface area contributed by atoms with E-state index in [1.807, 2.05) is 0 Å². The minimum absolute atomic E-state index is 0.197. The molecule has 2 N–H and O–H groups in total. The molecule has 172 valence electrons. The van der Waals surface area contributed by atoms with E-state index in [1.165, 1.54) is 27.1 Å². The van der Waals surface area contributed by atoms with Gasteiger partial charge < -0.3 is 29.2 Å². The van der Waals surface area contributed by atoms with Crippen LogP contribution in [-0.2, 0) is 33.3 Å². The van der Waals surface area contributed by atoms with Crippen LogP contribution in [0.15, 0.2) is 6.33 Å². The Labute approximate surface area is 187 Å². The number of carbonyl (C=O) groups excluding carboxylic acids is 3. The molecule has 0 radical (unpaired) electrons. The van der Waals surface area contributed by atoms with Crippen LogP contribution in [0.2, 0.25) is 0 Å². The lowest BCUT2D eigenvalue weighted by molar-refractivity contribution is -0.166. The fourth-order valence-electron chi connectivity index (χ4n) is 3.59. The second-order valence-corrected chi connectivity index (χ2v) is 8.03. The number of aromatic amines is 1. The highest BCUT2D eigenvalue weighted by Crippen LogP contribution is 2.39. The van der Waals surface area contributed by atoms with Gasteiger partial charge in [0.15, 0.2) is 23.1 Å². The fourth-order valence-corrected chi connectivity index (χ4v) is 3.79. The van der Waals surface area contributed by atoms with Gasteiger partial charge in [0.1, 0.15) is 23.9 Å². The molecule has 0 bridgehead atoms. The van der Waals surface area contributed by atoms with E-state index < -0.39 is 42.4 Å². The Morgan fingerprint density at radius 1 is 1.19 bits per heavy atom. The van der Waals surface area contributed by atoms with Gasteiger partial charge in [-0.3, -0.25) is 19.0 Å². The van der Waals surface area contributed by atoms with Crippen molar-refractivity contribution in [2.75, 3.05) is 11.9 Å². The number of hydrogen-bond acceptors (Lipinski definition) is 11. The maximum atomic E-state index is 11.9. The van der Waals surface area contributed by atoms with Crippen LogP contribution in [0, 0.1) is 4.64 Å². The van der Waals surface area contributed by atoms with Gasteiger partial charge in [0.25, 0.3) is 0 Å². The van der Waals surface area contributed by atoms with Crippen molar-refractivity contribution < 1.29 is 33.3 Å². The Kier molecular flexibility index (Phi) is 6.11. The molecule has 0 unspecified atom stereocenters. The lowest BCUT2D eigenvalue weighted by Gasteiger charge is -2.24. The van der Waals surface area contributed by atoms with E-state index in [0.29, 0.717) is 17.1 Å².